The van der Waals surface area contributed by atoms with Crippen LogP contribution < -0.4 is 10.1 Å². The Morgan fingerprint density at radius 1 is 1.24 bits per heavy atom. The van der Waals surface area contributed by atoms with Crippen LogP contribution in [0.1, 0.15) is 34.1 Å². The first-order valence-corrected chi connectivity index (χ1v) is 13.6. The number of hydrogen-bond donors (Lipinski definition) is 1. The van der Waals surface area contributed by atoms with Gasteiger partial charge in [-0.05, 0) is 55.5 Å². The summed E-state index contributed by atoms with van der Waals surface area (Å²) in [4.78, 5) is 19.3. The molecule has 1 amide bonds. The lowest BCUT2D eigenvalue weighted by atomic mass is 10.1. The Morgan fingerprint density at radius 3 is 2.74 bits per heavy atom. The van der Waals surface area contributed by atoms with Gasteiger partial charge in [0.1, 0.15) is 5.75 Å². The number of aromatic nitrogens is 3. The number of rotatable bonds is 5. The summed E-state index contributed by atoms with van der Waals surface area (Å²) in [6.45, 7) is 3.76. The molecule has 0 radical (unpaired) electrons. The zero-order chi connectivity index (χ0) is 24.0. The summed E-state index contributed by atoms with van der Waals surface area (Å²) in [5.74, 6) is 0.404. The topological polar surface area (TPSA) is 103 Å². The third kappa shape index (κ3) is 4.07. The van der Waals surface area contributed by atoms with E-state index in [9.17, 15) is 13.2 Å². The van der Waals surface area contributed by atoms with Crippen LogP contribution in [0, 0.1) is 13.8 Å². The van der Waals surface area contributed by atoms with Crippen molar-refractivity contribution in [3.8, 4) is 16.3 Å². The van der Waals surface area contributed by atoms with Crippen LogP contribution in [0.3, 0.4) is 0 Å². The van der Waals surface area contributed by atoms with E-state index in [4.69, 9.17) is 9.72 Å². The number of carbonyl (C=O) groups excluding carboxylic acids is 1. The van der Waals surface area contributed by atoms with Gasteiger partial charge in [0.15, 0.2) is 15.5 Å². The van der Waals surface area contributed by atoms with Gasteiger partial charge in [-0.3, -0.25) is 4.79 Å². The summed E-state index contributed by atoms with van der Waals surface area (Å²) < 4.78 is 31.4. The van der Waals surface area contributed by atoms with Crippen LogP contribution in [0.15, 0.2) is 41.8 Å². The lowest BCUT2D eigenvalue weighted by molar-refractivity contribution is 0.102. The van der Waals surface area contributed by atoms with E-state index in [0.717, 1.165) is 10.4 Å². The molecule has 1 fully saturated rings. The number of ether oxygens (including phenoxy) is 1. The summed E-state index contributed by atoms with van der Waals surface area (Å²) in [7, 11) is -1.56. The van der Waals surface area contributed by atoms with Crippen molar-refractivity contribution in [3.05, 3.63) is 58.6 Å². The fraction of sp³-hybridized carbons (Fsp3) is 0.292. The van der Waals surface area contributed by atoms with Crippen LogP contribution in [0.5, 0.6) is 5.75 Å². The van der Waals surface area contributed by atoms with Crippen molar-refractivity contribution >= 4 is 43.8 Å². The van der Waals surface area contributed by atoms with E-state index in [1.165, 1.54) is 11.3 Å². The molecule has 5 rings (SSSR count). The van der Waals surface area contributed by atoms with Crippen LogP contribution in [0.2, 0.25) is 0 Å². The van der Waals surface area contributed by atoms with Crippen molar-refractivity contribution in [1.29, 1.82) is 0 Å². The summed E-state index contributed by atoms with van der Waals surface area (Å²) in [5, 5.41) is 10.2. The number of anilines is 1. The molecule has 1 aromatic carbocycles. The minimum Gasteiger partial charge on any atom is -0.495 e. The Kier molecular flexibility index (Phi) is 5.65. The predicted octanol–water partition coefficient (Wildman–Crippen LogP) is 4.40. The number of sulfone groups is 1. The highest BCUT2D eigenvalue weighted by Crippen LogP contribution is 2.34. The molecule has 0 bridgehead atoms. The Hall–Kier alpha value is -3.24. The average molecular weight is 497 g/mol. The van der Waals surface area contributed by atoms with Crippen LogP contribution >= 0.6 is 11.3 Å². The van der Waals surface area contributed by atoms with Crippen molar-refractivity contribution in [2.45, 2.75) is 26.3 Å². The molecule has 1 saturated heterocycles. The fourth-order valence-electron chi connectivity index (χ4n) is 4.37. The number of thiophene rings is 1. The van der Waals surface area contributed by atoms with Gasteiger partial charge in [-0.2, -0.15) is 5.10 Å². The lowest BCUT2D eigenvalue weighted by Gasteiger charge is -2.13. The number of amides is 1. The second kappa shape index (κ2) is 8.52. The van der Waals surface area contributed by atoms with Crippen molar-refractivity contribution < 1.29 is 17.9 Å². The van der Waals surface area contributed by atoms with E-state index in [1.807, 2.05) is 49.6 Å². The number of fused-ring (bicyclic) bond motifs is 1. The quantitative estimate of drug-likeness (QED) is 0.439. The summed E-state index contributed by atoms with van der Waals surface area (Å²) in [6, 6.07) is 10.9. The van der Waals surface area contributed by atoms with Gasteiger partial charge in [0.25, 0.3) is 5.91 Å². The molecule has 176 valence electrons. The van der Waals surface area contributed by atoms with Gasteiger partial charge in [-0.1, -0.05) is 12.1 Å². The molecular weight excluding hydrogens is 472 g/mol. The number of nitrogens with zero attached hydrogens (tertiary/aromatic N) is 3. The Balaban J connectivity index is 1.66. The molecule has 1 aliphatic heterocycles. The SMILES string of the molecule is COc1ccc(C)cc1NC(=O)c1cc(-c2cccs2)nc2c1c(C)nn2C1CCS(=O)(=O)C1. The van der Waals surface area contributed by atoms with Gasteiger partial charge in [-0.15, -0.1) is 11.3 Å². The van der Waals surface area contributed by atoms with Gasteiger partial charge in [-0.25, -0.2) is 18.1 Å². The summed E-state index contributed by atoms with van der Waals surface area (Å²) in [6.07, 6.45) is 0.478. The third-order valence-electron chi connectivity index (χ3n) is 6.01. The molecule has 8 nitrogen and oxygen atoms in total. The number of nitrogens with one attached hydrogen (secondary N) is 1. The van der Waals surface area contributed by atoms with E-state index >= 15 is 0 Å². The highest BCUT2D eigenvalue weighted by molar-refractivity contribution is 7.91. The molecule has 3 aromatic heterocycles. The Labute approximate surface area is 201 Å². The molecule has 1 atom stereocenters. The lowest BCUT2D eigenvalue weighted by Crippen LogP contribution is -2.15. The maximum Gasteiger partial charge on any atom is 0.256 e. The number of benzene rings is 1. The molecule has 0 saturated carbocycles. The second-order valence-electron chi connectivity index (χ2n) is 8.48. The monoisotopic (exact) mass is 496 g/mol. The van der Waals surface area contributed by atoms with E-state index in [2.05, 4.69) is 10.4 Å². The van der Waals surface area contributed by atoms with E-state index in [0.29, 0.717) is 45.8 Å². The van der Waals surface area contributed by atoms with Gasteiger partial charge in [0, 0.05) is 0 Å². The van der Waals surface area contributed by atoms with E-state index in [1.54, 1.807) is 17.9 Å². The maximum atomic E-state index is 13.6. The van der Waals surface area contributed by atoms with Crippen LogP contribution in [0.4, 0.5) is 5.69 Å². The largest absolute Gasteiger partial charge is 0.495 e. The predicted molar refractivity (Wildman–Crippen MR) is 134 cm³/mol. The number of pyridine rings is 1. The fourth-order valence-corrected chi connectivity index (χ4v) is 6.75. The maximum absolute atomic E-state index is 13.6. The highest BCUT2D eigenvalue weighted by atomic mass is 32.2. The molecular formula is C24H24N4O4S2. The highest BCUT2D eigenvalue weighted by Gasteiger charge is 2.32. The van der Waals surface area contributed by atoms with Crippen molar-refractivity contribution in [2.24, 2.45) is 0 Å². The molecule has 1 unspecified atom stereocenters. The van der Waals surface area contributed by atoms with Gasteiger partial charge in [0.05, 0.1) is 57.6 Å². The molecule has 4 aromatic rings. The minimum absolute atomic E-state index is 0.0240. The zero-order valence-electron chi connectivity index (χ0n) is 19.0. The normalized spacial score (nSPS) is 17.2. The molecule has 4 heterocycles. The van der Waals surface area contributed by atoms with Crippen molar-refractivity contribution in [2.75, 3.05) is 23.9 Å². The first-order chi connectivity index (χ1) is 16.3. The molecule has 34 heavy (non-hydrogen) atoms. The standard InChI is InChI=1S/C24H24N4O4S2/c1-14-6-7-20(32-3)18(11-14)26-24(29)17-12-19(21-5-4-9-33-21)25-23-22(17)15(2)27-28(23)16-8-10-34(30,31)13-16/h4-7,9,11-12,16H,8,10,13H2,1-3H3,(H,26,29). The zero-order valence-corrected chi connectivity index (χ0v) is 20.7. The molecule has 0 aliphatic carbocycles. The minimum atomic E-state index is -3.12. The number of methoxy groups -OCH3 is 1. The van der Waals surface area contributed by atoms with E-state index < -0.39 is 9.84 Å². The summed E-state index contributed by atoms with van der Waals surface area (Å²) >= 11 is 1.52. The summed E-state index contributed by atoms with van der Waals surface area (Å²) in [5.41, 5.74) is 3.79. The van der Waals surface area contributed by atoms with Crippen LogP contribution in [-0.2, 0) is 9.84 Å². The van der Waals surface area contributed by atoms with Gasteiger partial charge < -0.3 is 10.1 Å². The molecule has 0 spiro atoms. The number of carbonyl (C=O) groups is 1. The van der Waals surface area contributed by atoms with Crippen LogP contribution in [-0.4, -0.2) is 47.7 Å². The molecule has 1 N–H and O–H groups in total. The smallest absolute Gasteiger partial charge is 0.256 e. The van der Waals surface area contributed by atoms with Crippen molar-refractivity contribution in [1.82, 2.24) is 14.8 Å². The first kappa shape index (κ1) is 22.5. The second-order valence-corrected chi connectivity index (χ2v) is 11.7. The molecule has 10 heteroatoms. The number of hydrogen-bond acceptors (Lipinski definition) is 7. The van der Waals surface area contributed by atoms with Crippen LogP contribution in [0.25, 0.3) is 21.6 Å². The average Bonchev–Trinajstić information content (AvgIpc) is 3.53. The first-order valence-electron chi connectivity index (χ1n) is 10.9. The number of aryl methyl sites for hydroxylation is 2. The van der Waals surface area contributed by atoms with Gasteiger partial charge in [0.2, 0.25) is 0 Å². The van der Waals surface area contributed by atoms with Gasteiger partial charge >= 0.3 is 0 Å². The third-order valence-corrected chi connectivity index (χ3v) is 8.66. The Morgan fingerprint density at radius 2 is 2.06 bits per heavy atom. The van der Waals surface area contributed by atoms with Crippen molar-refractivity contribution in [3.63, 3.8) is 0 Å². The van der Waals surface area contributed by atoms with E-state index in [-0.39, 0.29) is 23.5 Å². The Bertz CT molecular complexity index is 1510. The molecule has 1 aliphatic rings.